The zero-order valence-corrected chi connectivity index (χ0v) is 16.3. The molecule has 26 heavy (non-hydrogen) atoms. The van der Waals surface area contributed by atoms with Crippen molar-refractivity contribution in [3.8, 4) is 0 Å². The van der Waals surface area contributed by atoms with Crippen LogP contribution in [0.2, 0.25) is 10.0 Å². The molecule has 2 amide bonds. The molecule has 1 aliphatic rings. The maximum atomic E-state index is 12.4. The van der Waals surface area contributed by atoms with Crippen LogP contribution in [0, 0.1) is 6.92 Å². The van der Waals surface area contributed by atoms with E-state index in [4.69, 9.17) is 29.0 Å². The molecule has 0 bridgehead atoms. The summed E-state index contributed by atoms with van der Waals surface area (Å²) < 4.78 is 0. The monoisotopic (exact) mass is 416 g/mol. The van der Waals surface area contributed by atoms with E-state index in [1.54, 1.807) is 6.92 Å². The molecule has 0 unspecified atom stereocenters. The highest BCUT2D eigenvalue weighted by Gasteiger charge is 2.25. The van der Waals surface area contributed by atoms with Crippen LogP contribution in [-0.2, 0) is 0 Å². The van der Waals surface area contributed by atoms with Crippen LogP contribution in [0.1, 0.15) is 38.7 Å². The molecule has 1 fully saturated rings. The SMILES string of the molecule is Cc1[nH]c(C(=O)NC2CCN(c3ncc(C(=O)NN)s3)CC2)c(Cl)c1Cl. The van der Waals surface area contributed by atoms with Crippen LogP contribution in [0.3, 0.4) is 0 Å². The number of aromatic amines is 1. The van der Waals surface area contributed by atoms with E-state index in [1.807, 2.05) is 0 Å². The number of hydrogen-bond acceptors (Lipinski definition) is 6. The fraction of sp³-hybridized carbons (Fsp3) is 0.400. The Hall–Kier alpha value is -1.81. The van der Waals surface area contributed by atoms with E-state index in [0.717, 1.165) is 31.1 Å². The average molecular weight is 417 g/mol. The van der Waals surface area contributed by atoms with Crippen molar-refractivity contribution in [2.24, 2.45) is 5.84 Å². The van der Waals surface area contributed by atoms with Crippen LogP contribution in [-0.4, -0.2) is 40.9 Å². The van der Waals surface area contributed by atoms with E-state index < -0.39 is 0 Å². The topological polar surface area (TPSA) is 116 Å². The number of carbonyl (C=O) groups excluding carboxylic acids is 2. The molecule has 0 aromatic carbocycles. The van der Waals surface area contributed by atoms with Gasteiger partial charge in [-0.05, 0) is 19.8 Å². The number of nitrogen functional groups attached to an aromatic ring is 1. The lowest BCUT2D eigenvalue weighted by Crippen LogP contribution is -2.44. The molecule has 11 heteroatoms. The third-order valence-electron chi connectivity index (χ3n) is 4.23. The zero-order valence-electron chi connectivity index (χ0n) is 13.9. The first-order chi connectivity index (χ1) is 12.4. The Morgan fingerprint density at radius 3 is 2.58 bits per heavy atom. The van der Waals surface area contributed by atoms with Crippen molar-refractivity contribution in [1.82, 2.24) is 20.7 Å². The standard InChI is InChI=1S/C15H18Cl2N6O2S/c1-7-10(16)11(17)12(20-7)14(25)21-8-2-4-23(5-3-8)15-19-6-9(26-15)13(24)22-18/h6,8,20H,2-5,18H2,1H3,(H,21,25)(H,22,24). The number of amides is 2. The molecule has 3 rings (SSSR count). The Morgan fingerprint density at radius 1 is 1.31 bits per heavy atom. The van der Waals surface area contributed by atoms with E-state index in [-0.39, 0.29) is 28.6 Å². The smallest absolute Gasteiger partial charge is 0.276 e. The van der Waals surface area contributed by atoms with Crippen LogP contribution in [0.15, 0.2) is 6.20 Å². The summed E-state index contributed by atoms with van der Waals surface area (Å²) in [7, 11) is 0. The van der Waals surface area contributed by atoms with Gasteiger partial charge in [-0.1, -0.05) is 34.5 Å². The quantitative estimate of drug-likeness (QED) is 0.345. The Labute approximate surface area is 164 Å². The Bertz CT molecular complexity index is 828. The largest absolute Gasteiger partial charge is 0.352 e. The minimum Gasteiger partial charge on any atom is -0.352 e. The number of H-pyrrole nitrogens is 1. The highest BCUT2D eigenvalue weighted by molar-refractivity contribution is 7.17. The van der Waals surface area contributed by atoms with E-state index in [2.05, 4.69) is 25.6 Å². The van der Waals surface area contributed by atoms with Gasteiger partial charge in [0.25, 0.3) is 11.8 Å². The maximum Gasteiger partial charge on any atom is 0.276 e. The number of aromatic nitrogens is 2. The van der Waals surface area contributed by atoms with Gasteiger partial charge in [0, 0.05) is 24.8 Å². The Kier molecular flexibility index (Phi) is 5.71. The van der Waals surface area contributed by atoms with Gasteiger partial charge >= 0.3 is 0 Å². The summed E-state index contributed by atoms with van der Waals surface area (Å²) in [6, 6.07) is 0.0315. The van der Waals surface area contributed by atoms with Crippen molar-refractivity contribution in [3.63, 3.8) is 0 Å². The second-order valence-electron chi connectivity index (χ2n) is 5.97. The van der Waals surface area contributed by atoms with Gasteiger partial charge in [0.2, 0.25) is 0 Å². The molecule has 1 saturated heterocycles. The highest BCUT2D eigenvalue weighted by atomic mass is 35.5. The van der Waals surface area contributed by atoms with Gasteiger partial charge in [-0.2, -0.15) is 0 Å². The number of thiazole rings is 1. The van der Waals surface area contributed by atoms with Crippen molar-refractivity contribution in [3.05, 3.63) is 32.5 Å². The lowest BCUT2D eigenvalue weighted by molar-refractivity contribution is 0.0924. The molecule has 140 valence electrons. The minimum atomic E-state index is -0.354. The number of piperidine rings is 1. The lowest BCUT2D eigenvalue weighted by atomic mass is 10.1. The lowest BCUT2D eigenvalue weighted by Gasteiger charge is -2.32. The fourth-order valence-corrected chi connectivity index (χ4v) is 4.08. The molecule has 5 N–H and O–H groups in total. The van der Waals surface area contributed by atoms with Gasteiger partial charge in [-0.3, -0.25) is 15.0 Å². The van der Waals surface area contributed by atoms with Crippen molar-refractivity contribution >= 4 is 51.5 Å². The predicted octanol–water partition coefficient (Wildman–Crippen LogP) is 2.09. The molecule has 2 aromatic heterocycles. The van der Waals surface area contributed by atoms with E-state index in [9.17, 15) is 9.59 Å². The van der Waals surface area contributed by atoms with Gasteiger partial charge in [0.1, 0.15) is 10.6 Å². The molecule has 0 atom stereocenters. The van der Waals surface area contributed by atoms with Crippen LogP contribution in [0.25, 0.3) is 0 Å². The molecule has 1 aliphatic heterocycles. The first-order valence-corrected chi connectivity index (χ1v) is 9.54. The molecular formula is C15H18Cl2N6O2S. The molecule has 8 nitrogen and oxygen atoms in total. The number of nitrogens with one attached hydrogen (secondary N) is 3. The van der Waals surface area contributed by atoms with E-state index in [1.165, 1.54) is 17.5 Å². The van der Waals surface area contributed by atoms with Crippen LogP contribution >= 0.6 is 34.5 Å². The van der Waals surface area contributed by atoms with Gasteiger partial charge in [-0.15, -0.1) is 0 Å². The van der Waals surface area contributed by atoms with Crippen molar-refractivity contribution < 1.29 is 9.59 Å². The number of rotatable bonds is 4. The third-order valence-corrected chi connectivity index (χ3v) is 6.23. The highest BCUT2D eigenvalue weighted by Crippen LogP contribution is 2.29. The second kappa shape index (κ2) is 7.83. The summed E-state index contributed by atoms with van der Waals surface area (Å²) in [4.78, 5) is 33.6. The Balaban J connectivity index is 1.57. The predicted molar refractivity (Wildman–Crippen MR) is 102 cm³/mol. The second-order valence-corrected chi connectivity index (χ2v) is 7.73. The number of anilines is 1. The maximum absolute atomic E-state index is 12.4. The zero-order chi connectivity index (χ0) is 18.8. The summed E-state index contributed by atoms with van der Waals surface area (Å²) in [5, 5.41) is 4.36. The van der Waals surface area contributed by atoms with E-state index >= 15 is 0 Å². The van der Waals surface area contributed by atoms with Crippen LogP contribution in [0.4, 0.5) is 5.13 Å². The van der Waals surface area contributed by atoms with Crippen molar-refractivity contribution in [1.29, 1.82) is 0 Å². The van der Waals surface area contributed by atoms with E-state index in [0.29, 0.717) is 15.6 Å². The van der Waals surface area contributed by atoms with Crippen LogP contribution < -0.4 is 21.5 Å². The number of halogens is 2. The number of hydrazine groups is 1. The molecule has 0 radical (unpaired) electrons. The first-order valence-electron chi connectivity index (χ1n) is 7.96. The number of nitrogens with zero attached hydrogens (tertiary/aromatic N) is 2. The number of carbonyl (C=O) groups is 2. The minimum absolute atomic E-state index is 0.0315. The average Bonchev–Trinajstić information content (AvgIpc) is 3.23. The molecule has 0 saturated carbocycles. The molecule has 0 spiro atoms. The number of nitrogens with two attached hydrogens (primary N) is 1. The first kappa shape index (κ1) is 19.0. The summed E-state index contributed by atoms with van der Waals surface area (Å²) in [6.07, 6.45) is 3.03. The van der Waals surface area contributed by atoms with Crippen molar-refractivity contribution in [2.75, 3.05) is 18.0 Å². The summed E-state index contributed by atoms with van der Waals surface area (Å²) in [6.45, 7) is 3.21. The molecule has 0 aliphatic carbocycles. The summed E-state index contributed by atoms with van der Waals surface area (Å²) in [5.41, 5.74) is 3.04. The van der Waals surface area contributed by atoms with Gasteiger partial charge in [0.15, 0.2) is 5.13 Å². The molecule has 2 aromatic rings. The van der Waals surface area contributed by atoms with Gasteiger partial charge < -0.3 is 15.2 Å². The Morgan fingerprint density at radius 2 is 2.00 bits per heavy atom. The normalized spacial score (nSPS) is 15.2. The van der Waals surface area contributed by atoms with Crippen molar-refractivity contribution in [2.45, 2.75) is 25.8 Å². The number of hydrogen-bond donors (Lipinski definition) is 4. The number of aryl methyl sites for hydroxylation is 1. The molecular weight excluding hydrogens is 399 g/mol. The van der Waals surface area contributed by atoms with Crippen LogP contribution in [0.5, 0.6) is 0 Å². The van der Waals surface area contributed by atoms with Gasteiger partial charge in [0.05, 0.1) is 16.2 Å². The molecule has 3 heterocycles. The summed E-state index contributed by atoms with van der Waals surface area (Å²) in [5.74, 6) is 4.51. The fourth-order valence-electron chi connectivity index (χ4n) is 2.79. The third kappa shape index (κ3) is 3.80. The summed E-state index contributed by atoms with van der Waals surface area (Å²) >= 11 is 13.4. The van der Waals surface area contributed by atoms with Gasteiger partial charge in [-0.25, -0.2) is 10.8 Å².